The smallest absolute Gasteiger partial charge is 0.154 e. The number of nitrogens with zero attached hydrogens (tertiary/aromatic N) is 4. The first-order valence-electron chi connectivity index (χ1n) is 8.55. The van der Waals surface area contributed by atoms with E-state index in [9.17, 15) is 0 Å². The maximum atomic E-state index is 5.96. The van der Waals surface area contributed by atoms with Gasteiger partial charge in [-0.2, -0.15) is 0 Å². The number of rotatable bonds is 8. The molecule has 0 fully saturated rings. The molecule has 24 heavy (non-hydrogen) atoms. The van der Waals surface area contributed by atoms with Crippen LogP contribution in [0.2, 0.25) is 0 Å². The molecule has 126 valence electrons. The van der Waals surface area contributed by atoms with E-state index in [4.69, 9.17) is 4.74 Å². The number of aromatic nitrogens is 3. The number of benzene rings is 2. The van der Waals surface area contributed by atoms with E-state index in [0.29, 0.717) is 6.61 Å². The Labute approximate surface area is 142 Å². The van der Waals surface area contributed by atoms with Crippen molar-refractivity contribution in [3.63, 3.8) is 0 Å². The number of fused-ring (bicyclic) bond motifs is 1. The van der Waals surface area contributed by atoms with Gasteiger partial charge in [0.25, 0.3) is 0 Å². The van der Waals surface area contributed by atoms with Crippen molar-refractivity contribution in [3.05, 3.63) is 54.6 Å². The summed E-state index contributed by atoms with van der Waals surface area (Å²) in [6.45, 7) is 6.70. The molecule has 3 aromatic rings. The van der Waals surface area contributed by atoms with Crippen molar-refractivity contribution >= 4 is 16.7 Å². The Morgan fingerprint density at radius 1 is 1.04 bits per heavy atom. The predicted molar refractivity (Wildman–Crippen MR) is 97.1 cm³/mol. The Bertz CT molecular complexity index is 756. The molecule has 1 aromatic heterocycles. The number of hydrogen-bond donors (Lipinski definition) is 0. The van der Waals surface area contributed by atoms with Gasteiger partial charge in [-0.1, -0.05) is 35.5 Å². The summed E-state index contributed by atoms with van der Waals surface area (Å²) in [6.07, 6.45) is 0.740. The molecule has 0 amide bonds. The third kappa shape index (κ3) is 3.57. The van der Waals surface area contributed by atoms with Crippen LogP contribution in [0.4, 0.5) is 5.69 Å². The lowest BCUT2D eigenvalue weighted by atomic mass is 10.2. The Morgan fingerprint density at radius 3 is 2.54 bits per heavy atom. The zero-order valence-corrected chi connectivity index (χ0v) is 14.3. The first kappa shape index (κ1) is 16.5. The third-order valence-electron chi connectivity index (χ3n) is 4.16. The normalized spacial score (nSPS) is 12.4. The van der Waals surface area contributed by atoms with Crippen LogP contribution >= 0.6 is 0 Å². The minimum absolute atomic E-state index is 0.111. The quantitative estimate of drug-likeness (QED) is 0.630. The highest BCUT2D eigenvalue weighted by Crippen LogP contribution is 2.21. The van der Waals surface area contributed by atoms with Gasteiger partial charge >= 0.3 is 0 Å². The van der Waals surface area contributed by atoms with Crippen LogP contribution in [0.25, 0.3) is 11.0 Å². The van der Waals surface area contributed by atoms with Gasteiger partial charge in [0.15, 0.2) is 6.23 Å². The van der Waals surface area contributed by atoms with Gasteiger partial charge < -0.3 is 9.64 Å². The fourth-order valence-corrected chi connectivity index (χ4v) is 2.94. The molecule has 0 bridgehead atoms. The Balaban J connectivity index is 1.76. The van der Waals surface area contributed by atoms with Crippen molar-refractivity contribution in [2.75, 3.05) is 24.6 Å². The molecule has 0 saturated heterocycles. The van der Waals surface area contributed by atoms with E-state index in [1.807, 2.05) is 41.9 Å². The highest BCUT2D eigenvalue weighted by atomic mass is 16.5. The average Bonchev–Trinajstić information content (AvgIpc) is 3.06. The number of para-hydroxylation sites is 2. The van der Waals surface area contributed by atoms with Crippen LogP contribution in [0.15, 0.2) is 54.6 Å². The Kier molecular flexibility index (Phi) is 5.43. The first-order valence-corrected chi connectivity index (χ1v) is 8.55. The molecule has 1 heterocycles. The summed E-state index contributed by atoms with van der Waals surface area (Å²) in [5.41, 5.74) is 3.15. The van der Waals surface area contributed by atoms with E-state index < -0.39 is 0 Å². The lowest BCUT2D eigenvalue weighted by Crippen LogP contribution is -2.27. The molecule has 5 nitrogen and oxygen atoms in total. The fourth-order valence-electron chi connectivity index (χ4n) is 2.94. The zero-order valence-electron chi connectivity index (χ0n) is 14.3. The van der Waals surface area contributed by atoms with Gasteiger partial charge in [-0.3, -0.25) is 0 Å². The summed E-state index contributed by atoms with van der Waals surface area (Å²) in [6, 6.07) is 18.5. The Hall–Kier alpha value is -2.40. The molecule has 0 aliphatic heterocycles. The van der Waals surface area contributed by atoms with Crippen molar-refractivity contribution in [3.8, 4) is 0 Å². The lowest BCUT2D eigenvalue weighted by Gasteiger charge is -2.26. The molecule has 1 atom stereocenters. The molecular formula is C19H24N4O. The minimum Gasteiger partial charge on any atom is -0.372 e. The molecule has 0 aliphatic carbocycles. The largest absolute Gasteiger partial charge is 0.372 e. The van der Waals surface area contributed by atoms with Crippen LogP contribution in [0.3, 0.4) is 0 Å². The summed E-state index contributed by atoms with van der Waals surface area (Å²) in [5.74, 6) is 0. The van der Waals surface area contributed by atoms with E-state index >= 15 is 0 Å². The van der Waals surface area contributed by atoms with Crippen LogP contribution in [0.1, 0.15) is 26.5 Å². The number of hydrogen-bond acceptors (Lipinski definition) is 4. The summed E-state index contributed by atoms with van der Waals surface area (Å²) in [5, 5.41) is 8.56. The average molecular weight is 324 g/mol. The summed E-state index contributed by atoms with van der Waals surface area (Å²) >= 11 is 0. The van der Waals surface area contributed by atoms with Gasteiger partial charge in [-0.05, 0) is 38.1 Å². The molecule has 0 N–H and O–H groups in total. The van der Waals surface area contributed by atoms with Gasteiger partial charge in [0.1, 0.15) is 5.52 Å². The second-order valence-electron chi connectivity index (χ2n) is 5.64. The van der Waals surface area contributed by atoms with Crippen LogP contribution in [0, 0.1) is 0 Å². The molecule has 0 radical (unpaired) electrons. The van der Waals surface area contributed by atoms with Crippen molar-refractivity contribution in [2.24, 2.45) is 0 Å². The van der Waals surface area contributed by atoms with Crippen LogP contribution in [-0.4, -0.2) is 34.7 Å². The van der Waals surface area contributed by atoms with E-state index in [1.54, 1.807) is 0 Å². The molecule has 0 spiro atoms. The molecule has 3 rings (SSSR count). The van der Waals surface area contributed by atoms with Gasteiger partial charge in [-0.25, -0.2) is 4.68 Å². The van der Waals surface area contributed by atoms with E-state index in [1.165, 1.54) is 5.69 Å². The van der Waals surface area contributed by atoms with Crippen LogP contribution in [-0.2, 0) is 4.74 Å². The zero-order chi connectivity index (χ0) is 16.8. The van der Waals surface area contributed by atoms with Gasteiger partial charge in [0.05, 0.1) is 5.52 Å². The number of ether oxygens (including phenoxy) is 1. The highest BCUT2D eigenvalue weighted by Gasteiger charge is 2.17. The van der Waals surface area contributed by atoms with Gasteiger partial charge in [0, 0.05) is 31.8 Å². The third-order valence-corrected chi connectivity index (χ3v) is 4.16. The van der Waals surface area contributed by atoms with Crippen molar-refractivity contribution < 1.29 is 4.74 Å². The highest BCUT2D eigenvalue weighted by molar-refractivity contribution is 5.73. The summed E-state index contributed by atoms with van der Waals surface area (Å²) < 4.78 is 7.86. The van der Waals surface area contributed by atoms with Crippen molar-refractivity contribution in [2.45, 2.75) is 26.5 Å². The Morgan fingerprint density at radius 2 is 1.79 bits per heavy atom. The van der Waals surface area contributed by atoms with Crippen LogP contribution < -0.4 is 4.90 Å². The predicted octanol–water partition coefficient (Wildman–Crippen LogP) is 3.88. The molecule has 2 aromatic carbocycles. The molecular weight excluding hydrogens is 300 g/mol. The van der Waals surface area contributed by atoms with Crippen LogP contribution in [0.5, 0.6) is 0 Å². The summed E-state index contributed by atoms with van der Waals surface area (Å²) in [7, 11) is 0. The molecule has 0 saturated carbocycles. The monoisotopic (exact) mass is 324 g/mol. The minimum atomic E-state index is -0.111. The molecule has 0 aliphatic rings. The maximum Gasteiger partial charge on any atom is 0.154 e. The maximum absolute atomic E-state index is 5.96. The van der Waals surface area contributed by atoms with E-state index in [2.05, 4.69) is 46.4 Å². The molecule has 5 heteroatoms. The van der Waals surface area contributed by atoms with E-state index in [0.717, 1.165) is 30.5 Å². The molecule has 1 unspecified atom stereocenters. The topological polar surface area (TPSA) is 43.2 Å². The second kappa shape index (κ2) is 7.93. The summed E-state index contributed by atoms with van der Waals surface area (Å²) in [4.78, 5) is 2.35. The van der Waals surface area contributed by atoms with E-state index in [-0.39, 0.29) is 6.23 Å². The first-order chi connectivity index (χ1) is 11.8. The van der Waals surface area contributed by atoms with Gasteiger partial charge in [0.2, 0.25) is 0 Å². The standard InChI is InChI=1S/C19H24N4O/c1-3-22(16-10-6-5-7-11-16)15-14-19(24-4-2)23-18-13-9-8-12-17(18)20-21-23/h5-13,19H,3-4,14-15H2,1-2H3. The van der Waals surface area contributed by atoms with Gasteiger partial charge in [-0.15, -0.1) is 5.10 Å². The van der Waals surface area contributed by atoms with Crippen molar-refractivity contribution in [1.29, 1.82) is 0 Å². The van der Waals surface area contributed by atoms with Crippen molar-refractivity contribution in [1.82, 2.24) is 15.0 Å². The lowest BCUT2D eigenvalue weighted by molar-refractivity contribution is -0.00108. The SMILES string of the molecule is CCOC(CCN(CC)c1ccccc1)n1nnc2ccccc21. The second-order valence-corrected chi connectivity index (χ2v) is 5.64. The fraction of sp³-hybridized carbons (Fsp3) is 0.368. The number of anilines is 1.